The molecule has 0 bridgehead atoms. The van der Waals surface area contributed by atoms with E-state index < -0.39 is 15.9 Å². The molecule has 9 heteroatoms. The fourth-order valence-electron chi connectivity index (χ4n) is 2.93. The van der Waals surface area contributed by atoms with Gasteiger partial charge in [-0.1, -0.05) is 19.9 Å². The van der Waals surface area contributed by atoms with Crippen LogP contribution in [0.2, 0.25) is 0 Å². The molecule has 8 nitrogen and oxygen atoms in total. The van der Waals surface area contributed by atoms with Gasteiger partial charge in [-0.3, -0.25) is 4.79 Å². The summed E-state index contributed by atoms with van der Waals surface area (Å²) in [6.45, 7) is 4.82. The summed E-state index contributed by atoms with van der Waals surface area (Å²) >= 11 is 0. The van der Waals surface area contributed by atoms with Gasteiger partial charge in [0.05, 0.1) is 16.1 Å². The minimum absolute atomic E-state index is 0.00689. The van der Waals surface area contributed by atoms with Gasteiger partial charge in [0, 0.05) is 13.1 Å². The number of amides is 1. The Morgan fingerprint density at radius 1 is 1.14 bits per heavy atom. The molecule has 0 aromatic heterocycles. The van der Waals surface area contributed by atoms with Crippen LogP contribution in [0, 0.1) is 0 Å². The second kappa shape index (κ2) is 8.07. The number of nitrogens with zero attached hydrogens (tertiary/aromatic N) is 1. The van der Waals surface area contributed by atoms with Crippen LogP contribution in [0.1, 0.15) is 24.2 Å². The standard InChI is InChI=1S/C19H22N2O6S/c1-3-21(4-2)28(24,25)13-8-9-16(22)15(12-13)20-19(23)14-6-5-7-17-18(14)27-11-10-26-17/h5-9,12,22H,3-4,10-11H2,1-2H3,(H,20,23). The maximum absolute atomic E-state index is 12.7. The number of sulfonamides is 1. The molecule has 1 aliphatic rings. The summed E-state index contributed by atoms with van der Waals surface area (Å²) in [5.74, 6) is -0.0116. The minimum Gasteiger partial charge on any atom is -0.506 e. The van der Waals surface area contributed by atoms with Crippen molar-refractivity contribution in [2.75, 3.05) is 31.6 Å². The Balaban J connectivity index is 1.92. The SMILES string of the molecule is CCN(CC)S(=O)(=O)c1ccc(O)c(NC(=O)c2cccc3c2OCCO3)c1. The van der Waals surface area contributed by atoms with E-state index in [0.29, 0.717) is 37.8 Å². The summed E-state index contributed by atoms with van der Waals surface area (Å²) in [7, 11) is -3.73. The summed E-state index contributed by atoms with van der Waals surface area (Å²) in [4.78, 5) is 12.7. The zero-order chi connectivity index (χ0) is 20.3. The van der Waals surface area contributed by atoms with Crippen molar-refractivity contribution in [3.63, 3.8) is 0 Å². The molecule has 0 radical (unpaired) electrons. The molecule has 2 aromatic rings. The lowest BCUT2D eigenvalue weighted by molar-refractivity contribution is 0.101. The zero-order valence-corrected chi connectivity index (χ0v) is 16.5. The highest BCUT2D eigenvalue weighted by atomic mass is 32.2. The average molecular weight is 406 g/mol. The molecule has 1 heterocycles. The van der Waals surface area contributed by atoms with Crippen LogP contribution in [0.15, 0.2) is 41.3 Å². The summed E-state index contributed by atoms with van der Waals surface area (Å²) in [5, 5.41) is 12.7. The van der Waals surface area contributed by atoms with Crippen molar-refractivity contribution in [3.05, 3.63) is 42.0 Å². The number of fused-ring (bicyclic) bond motifs is 1. The smallest absolute Gasteiger partial charge is 0.259 e. The number of rotatable bonds is 6. The number of ether oxygens (including phenoxy) is 2. The van der Waals surface area contributed by atoms with E-state index in [4.69, 9.17) is 9.47 Å². The van der Waals surface area contributed by atoms with Crippen molar-refractivity contribution in [1.82, 2.24) is 4.31 Å². The van der Waals surface area contributed by atoms with E-state index in [1.54, 1.807) is 32.0 Å². The highest BCUT2D eigenvalue weighted by Crippen LogP contribution is 2.35. The lowest BCUT2D eigenvalue weighted by atomic mass is 10.1. The number of carbonyl (C=O) groups excluding carboxylic acids is 1. The molecule has 3 rings (SSSR count). The molecule has 1 aliphatic heterocycles. The van der Waals surface area contributed by atoms with E-state index in [2.05, 4.69) is 5.32 Å². The number of carbonyl (C=O) groups is 1. The van der Waals surface area contributed by atoms with E-state index in [0.717, 1.165) is 0 Å². The van der Waals surface area contributed by atoms with E-state index in [-0.39, 0.29) is 21.9 Å². The molecule has 0 atom stereocenters. The Morgan fingerprint density at radius 2 is 1.86 bits per heavy atom. The van der Waals surface area contributed by atoms with Crippen molar-refractivity contribution in [1.29, 1.82) is 0 Å². The van der Waals surface area contributed by atoms with Gasteiger partial charge in [-0.2, -0.15) is 4.31 Å². The van der Waals surface area contributed by atoms with Crippen LogP contribution >= 0.6 is 0 Å². The van der Waals surface area contributed by atoms with Gasteiger partial charge in [-0.25, -0.2) is 8.42 Å². The summed E-state index contributed by atoms with van der Waals surface area (Å²) in [6, 6.07) is 8.71. The number of aromatic hydroxyl groups is 1. The largest absolute Gasteiger partial charge is 0.506 e. The first-order chi connectivity index (χ1) is 13.4. The highest BCUT2D eigenvalue weighted by molar-refractivity contribution is 7.89. The molecule has 0 spiro atoms. The molecular formula is C19H22N2O6S. The van der Waals surface area contributed by atoms with Crippen molar-refractivity contribution in [3.8, 4) is 17.2 Å². The number of benzene rings is 2. The Morgan fingerprint density at radius 3 is 2.57 bits per heavy atom. The number of nitrogens with one attached hydrogen (secondary N) is 1. The van der Waals surface area contributed by atoms with E-state index in [1.165, 1.54) is 22.5 Å². The van der Waals surface area contributed by atoms with Gasteiger partial charge in [-0.15, -0.1) is 0 Å². The molecule has 0 aliphatic carbocycles. The third-order valence-corrected chi connectivity index (χ3v) is 6.42. The lowest BCUT2D eigenvalue weighted by Crippen LogP contribution is -2.30. The predicted octanol–water partition coefficient (Wildman–Crippen LogP) is 2.45. The molecule has 0 unspecified atom stereocenters. The number of hydrogen-bond donors (Lipinski definition) is 2. The van der Waals surface area contributed by atoms with Crippen LogP contribution in [-0.4, -0.2) is 50.0 Å². The second-order valence-electron chi connectivity index (χ2n) is 6.05. The normalized spacial score (nSPS) is 13.4. The average Bonchev–Trinajstić information content (AvgIpc) is 2.69. The molecule has 150 valence electrons. The van der Waals surface area contributed by atoms with Crippen molar-refractivity contribution in [2.24, 2.45) is 0 Å². The first kappa shape index (κ1) is 20.0. The molecule has 1 amide bonds. The predicted molar refractivity (Wildman–Crippen MR) is 104 cm³/mol. The highest BCUT2D eigenvalue weighted by Gasteiger charge is 2.24. The fourth-order valence-corrected chi connectivity index (χ4v) is 4.42. The van der Waals surface area contributed by atoms with E-state index >= 15 is 0 Å². The quantitative estimate of drug-likeness (QED) is 0.714. The van der Waals surface area contributed by atoms with Gasteiger partial charge in [0.25, 0.3) is 5.91 Å². The fraction of sp³-hybridized carbons (Fsp3) is 0.316. The Labute approximate surface area is 163 Å². The number of phenolic OH excluding ortho intramolecular Hbond substituents is 1. The first-order valence-electron chi connectivity index (χ1n) is 8.91. The van der Waals surface area contributed by atoms with Crippen LogP contribution in [-0.2, 0) is 10.0 Å². The maximum Gasteiger partial charge on any atom is 0.259 e. The van der Waals surface area contributed by atoms with Gasteiger partial charge in [0.1, 0.15) is 19.0 Å². The topological polar surface area (TPSA) is 105 Å². The summed E-state index contributed by atoms with van der Waals surface area (Å²) in [6.07, 6.45) is 0. The minimum atomic E-state index is -3.73. The number of para-hydroxylation sites is 1. The number of hydrogen-bond acceptors (Lipinski definition) is 6. The van der Waals surface area contributed by atoms with Crippen LogP contribution in [0.3, 0.4) is 0 Å². The van der Waals surface area contributed by atoms with Gasteiger partial charge < -0.3 is 19.9 Å². The number of phenols is 1. The molecule has 0 saturated carbocycles. The lowest BCUT2D eigenvalue weighted by Gasteiger charge is -2.21. The molecule has 2 N–H and O–H groups in total. The molecule has 0 fully saturated rings. The van der Waals surface area contributed by atoms with Gasteiger partial charge in [-0.05, 0) is 30.3 Å². The monoisotopic (exact) mass is 406 g/mol. The van der Waals surface area contributed by atoms with Crippen LogP contribution in [0.25, 0.3) is 0 Å². The molecule has 28 heavy (non-hydrogen) atoms. The van der Waals surface area contributed by atoms with Crippen LogP contribution < -0.4 is 14.8 Å². The Kier molecular flexibility index (Phi) is 5.76. The Bertz CT molecular complexity index is 986. The molecular weight excluding hydrogens is 384 g/mol. The van der Waals surface area contributed by atoms with E-state index in [1.807, 2.05) is 0 Å². The third-order valence-electron chi connectivity index (χ3n) is 4.37. The van der Waals surface area contributed by atoms with Crippen LogP contribution in [0.4, 0.5) is 5.69 Å². The Hall–Kier alpha value is -2.78. The van der Waals surface area contributed by atoms with Crippen molar-refractivity contribution >= 4 is 21.6 Å². The zero-order valence-electron chi connectivity index (χ0n) is 15.6. The molecule has 2 aromatic carbocycles. The third kappa shape index (κ3) is 3.76. The van der Waals surface area contributed by atoms with Crippen LogP contribution in [0.5, 0.6) is 17.2 Å². The van der Waals surface area contributed by atoms with Crippen molar-refractivity contribution in [2.45, 2.75) is 18.7 Å². The van der Waals surface area contributed by atoms with Gasteiger partial charge >= 0.3 is 0 Å². The first-order valence-corrected chi connectivity index (χ1v) is 10.4. The van der Waals surface area contributed by atoms with Crippen molar-refractivity contribution < 1.29 is 27.8 Å². The second-order valence-corrected chi connectivity index (χ2v) is 7.99. The molecule has 0 saturated heterocycles. The summed E-state index contributed by atoms with van der Waals surface area (Å²) in [5.41, 5.74) is 0.223. The van der Waals surface area contributed by atoms with Gasteiger partial charge in [0.2, 0.25) is 10.0 Å². The number of anilines is 1. The summed E-state index contributed by atoms with van der Waals surface area (Å²) < 4.78 is 37.7. The maximum atomic E-state index is 12.7. The van der Waals surface area contributed by atoms with E-state index in [9.17, 15) is 18.3 Å². The van der Waals surface area contributed by atoms with Gasteiger partial charge in [0.15, 0.2) is 11.5 Å².